The van der Waals surface area contributed by atoms with Gasteiger partial charge in [-0.3, -0.25) is 10.1 Å². The number of hydrogen-bond donors (Lipinski definition) is 1. The first-order chi connectivity index (χ1) is 9.19. The smallest absolute Gasteiger partial charge is 0.275 e. The number of nitro benzene ring substituents is 1. The molecular weight excluding hydrogens is 248 g/mol. The van der Waals surface area contributed by atoms with Crippen LogP contribution in [0.1, 0.15) is 13.3 Å². The van der Waals surface area contributed by atoms with Gasteiger partial charge in [-0.1, -0.05) is 0 Å². The van der Waals surface area contributed by atoms with Crippen LogP contribution < -0.4 is 10.1 Å². The molecule has 1 N–H and O–H groups in total. The van der Waals surface area contributed by atoms with Crippen molar-refractivity contribution in [2.45, 2.75) is 13.3 Å². The molecular formula is C13H18N2O4. The lowest BCUT2D eigenvalue weighted by Gasteiger charge is -2.12. The van der Waals surface area contributed by atoms with Gasteiger partial charge in [-0.05, 0) is 13.3 Å². The summed E-state index contributed by atoms with van der Waals surface area (Å²) in [5, 5.41) is 14.1. The second kappa shape index (κ2) is 6.38. The molecule has 0 aliphatic carbocycles. The molecule has 1 heterocycles. The Balaban J connectivity index is 2.06. The number of benzene rings is 1. The van der Waals surface area contributed by atoms with E-state index in [0.717, 1.165) is 26.2 Å². The molecule has 6 nitrogen and oxygen atoms in total. The van der Waals surface area contributed by atoms with Gasteiger partial charge in [0, 0.05) is 36.9 Å². The molecule has 0 aromatic heterocycles. The molecule has 104 valence electrons. The maximum atomic E-state index is 10.9. The van der Waals surface area contributed by atoms with Gasteiger partial charge in [0.05, 0.1) is 24.2 Å². The Labute approximate surface area is 111 Å². The second-order valence-corrected chi connectivity index (χ2v) is 4.52. The third-order valence-corrected chi connectivity index (χ3v) is 3.03. The number of non-ortho nitro benzene ring substituents is 1. The van der Waals surface area contributed by atoms with E-state index in [1.807, 2.05) is 6.92 Å². The molecule has 1 aliphatic rings. The summed E-state index contributed by atoms with van der Waals surface area (Å²) < 4.78 is 10.6. The molecule has 1 aromatic rings. The lowest BCUT2D eigenvalue weighted by molar-refractivity contribution is -0.384. The van der Waals surface area contributed by atoms with Crippen LogP contribution in [0.3, 0.4) is 0 Å². The van der Waals surface area contributed by atoms with Gasteiger partial charge < -0.3 is 14.8 Å². The first-order valence-electron chi connectivity index (χ1n) is 6.43. The lowest BCUT2D eigenvalue weighted by atomic mass is 10.1. The van der Waals surface area contributed by atoms with Crippen LogP contribution in [0.25, 0.3) is 0 Å². The minimum atomic E-state index is -0.410. The van der Waals surface area contributed by atoms with Crippen molar-refractivity contribution in [3.63, 3.8) is 0 Å². The lowest BCUT2D eigenvalue weighted by Crippen LogP contribution is -2.14. The zero-order chi connectivity index (χ0) is 13.7. The van der Waals surface area contributed by atoms with Crippen molar-refractivity contribution in [1.82, 2.24) is 0 Å². The summed E-state index contributed by atoms with van der Waals surface area (Å²) in [7, 11) is 0. The largest absolute Gasteiger partial charge is 0.494 e. The fourth-order valence-corrected chi connectivity index (χ4v) is 2.05. The van der Waals surface area contributed by atoms with Gasteiger partial charge in [0.1, 0.15) is 5.75 Å². The monoisotopic (exact) mass is 266 g/mol. The molecule has 0 bridgehead atoms. The molecule has 1 saturated heterocycles. The maximum Gasteiger partial charge on any atom is 0.275 e. The minimum absolute atomic E-state index is 0.0381. The topological polar surface area (TPSA) is 73.6 Å². The number of nitrogens with one attached hydrogen (secondary N) is 1. The first-order valence-corrected chi connectivity index (χ1v) is 6.43. The first kappa shape index (κ1) is 13.6. The van der Waals surface area contributed by atoms with Gasteiger partial charge in [0.15, 0.2) is 0 Å². The Bertz CT molecular complexity index is 444. The maximum absolute atomic E-state index is 10.9. The van der Waals surface area contributed by atoms with Gasteiger partial charge in [-0.2, -0.15) is 0 Å². The van der Waals surface area contributed by atoms with Crippen LogP contribution in [0, 0.1) is 16.0 Å². The van der Waals surface area contributed by atoms with Crippen LogP contribution in [0.5, 0.6) is 5.75 Å². The Morgan fingerprint density at radius 2 is 2.37 bits per heavy atom. The van der Waals surface area contributed by atoms with E-state index in [9.17, 15) is 10.1 Å². The zero-order valence-corrected chi connectivity index (χ0v) is 10.9. The van der Waals surface area contributed by atoms with E-state index in [-0.39, 0.29) is 5.69 Å². The van der Waals surface area contributed by atoms with Gasteiger partial charge in [0.2, 0.25) is 0 Å². The summed E-state index contributed by atoms with van der Waals surface area (Å²) in [6.07, 6.45) is 1.03. The van der Waals surface area contributed by atoms with E-state index in [2.05, 4.69) is 5.32 Å². The summed E-state index contributed by atoms with van der Waals surface area (Å²) in [6.45, 7) is 4.64. The molecule has 6 heteroatoms. The molecule has 0 saturated carbocycles. The second-order valence-electron chi connectivity index (χ2n) is 4.52. The summed E-state index contributed by atoms with van der Waals surface area (Å²) in [6, 6.07) is 4.75. The summed E-state index contributed by atoms with van der Waals surface area (Å²) in [5.74, 6) is 0.983. The summed E-state index contributed by atoms with van der Waals surface area (Å²) >= 11 is 0. The molecule has 1 aromatic carbocycles. The third kappa shape index (κ3) is 3.82. The van der Waals surface area contributed by atoms with E-state index in [1.54, 1.807) is 6.07 Å². The van der Waals surface area contributed by atoms with Crippen molar-refractivity contribution in [3.8, 4) is 5.75 Å². The quantitative estimate of drug-likeness (QED) is 0.632. The van der Waals surface area contributed by atoms with Crippen LogP contribution in [0.4, 0.5) is 11.4 Å². The average Bonchev–Trinajstić information content (AvgIpc) is 2.89. The van der Waals surface area contributed by atoms with E-state index >= 15 is 0 Å². The van der Waals surface area contributed by atoms with Gasteiger partial charge in [-0.15, -0.1) is 0 Å². The van der Waals surface area contributed by atoms with E-state index in [4.69, 9.17) is 9.47 Å². The van der Waals surface area contributed by atoms with Crippen LogP contribution >= 0.6 is 0 Å². The fraction of sp³-hybridized carbons (Fsp3) is 0.538. The Morgan fingerprint density at radius 3 is 3.00 bits per heavy atom. The molecule has 1 atom stereocenters. The van der Waals surface area contributed by atoms with Crippen LogP contribution in [-0.2, 0) is 4.74 Å². The van der Waals surface area contributed by atoms with E-state index in [0.29, 0.717) is 24.0 Å². The number of rotatable bonds is 6. The van der Waals surface area contributed by atoms with E-state index < -0.39 is 4.92 Å². The van der Waals surface area contributed by atoms with Crippen LogP contribution in [-0.4, -0.2) is 31.3 Å². The molecule has 1 fully saturated rings. The van der Waals surface area contributed by atoms with E-state index in [1.165, 1.54) is 12.1 Å². The molecule has 2 rings (SSSR count). The molecule has 0 spiro atoms. The number of ether oxygens (including phenoxy) is 2. The minimum Gasteiger partial charge on any atom is -0.494 e. The normalized spacial score (nSPS) is 18.3. The molecule has 0 amide bonds. The van der Waals surface area contributed by atoms with Crippen molar-refractivity contribution in [3.05, 3.63) is 28.3 Å². The Morgan fingerprint density at radius 1 is 1.53 bits per heavy atom. The highest BCUT2D eigenvalue weighted by molar-refractivity contribution is 5.56. The Hall–Kier alpha value is -1.82. The van der Waals surface area contributed by atoms with Crippen LogP contribution in [0.15, 0.2) is 18.2 Å². The van der Waals surface area contributed by atoms with Crippen molar-refractivity contribution in [2.24, 2.45) is 5.92 Å². The SMILES string of the molecule is CCOc1cc(NCC2CCOC2)cc([N+](=O)[O-])c1. The highest BCUT2D eigenvalue weighted by Gasteiger charge is 2.16. The number of anilines is 1. The number of nitro groups is 1. The average molecular weight is 266 g/mol. The third-order valence-electron chi connectivity index (χ3n) is 3.03. The van der Waals surface area contributed by atoms with Gasteiger partial charge >= 0.3 is 0 Å². The van der Waals surface area contributed by atoms with Crippen molar-refractivity contribution < 1.29 is 14.4 Å². The molecule has 1 aliphatic heterocycles. The summed E-state index contributed by atoms with van der Waals surface area (Å²) in [5.41, 5.74) is 0.751. The standard InChI is InChI=1S/C13H18N2O4/c1-2-19-13-6-11(5-12(7-13)15(16)17)14-8-10-3-4-18-9-10/h5-7,10,14H,2-4,8-9H2,1H3. The number of hydrogen-bond acceptors (Lipinski definition) is 5. The highest BCUT2D eigenvalue weighted by Crippen LogP contribution is 2.26. The van der Waals surface area contributed by atoms with Crippen molar-refractivity contribution >= 4 is 11.4 Å². The zero-order valence-electron chi connectivity index (χ0n) is 10.9. The molecule has 1 unspecified atom stereocenters. The number of nitrogens with zero attached hydrogens (tertiary/aromatic N) is 1. The molecule has 19 heavy (non-hydrogen) atoms. The summed E-state index contributed by atoms with van der Waals surface area (Å²) in [4.78, 5) is 10.5. The van der Waals surface area contributed by atoms with Gasteiger partial charge in [0.25, 0.3) is 5.69 Å². The predicted octanol–water partition coefficient (Wildman–Crippen LogP) is 2.44. The molecule has 0 radical (unpaired) electrons. The van der Waals surface area contributed by atoms with Gasteiger partial charge in [-0.25, -0.2) is 0 Å². The predicted molar refractivity (Wildman–Crippen MR) is 71.7 cm³/mol. The van der Waals surface area contributed by atoms with Crippen molar-refractivity contribution in [2.75, 3.05) is 31.7 Å². The van der Waals surface area contributed by atoms with Crippen LogP contribution in [0.2, 0.25) is 0 Å². The van der Waals surface area contributed by atoms with Crippen molar-refractivity contribution in [1.29, 1.82) is 0 Å². The fourth-order valence-electron chi connectivity index (χ4n) is 2.05. The highest BCUT2D eigenvalue weighted by atomic mass is 16.6. The Kier molecular flexibility index (Phi) is 4.57.